The average Bonchev–Trinajstić information content (AvgIpc) is 2.37. The molecule has 19 heavy (non-hydrogen) atoms. The van der Waals surface area contributed by atoms with E-state index < -0.39 is 0 Å². The van der Waals surface area contributed by atoms with Gasteiger partial charge in [-0.15, -0.1) is 0 Å². The van der Waals surface area contributed by atoms with E-state index in [9.17, 15) is 0 Å². The first-order chi connectivity index (χ1) is 9.10. The summed E-state index contributed by atoms with van der Waals surface area (Å²) in [6.45, 7) is 6.90. The number of aryl methyl sites for hydroxylation is 3. The Labute approximate surface area is 114 Å². The van der Waals surface area contributed by atoms with Crippen LogP contribution in [0.1, 0.15) is 22.4 Å². The van der Waals surface area contributed by atoms with Crippen LogP contribution in [-0.2, 0) is 6.54 Å². The topological polar surface area (TPSA) is 34.2 Å². The van der Waals surface area contributed by atoms with Crippen LogP contribution in [0.4, 0.5) is 0 Å². The zero-order chi connectivity index (χ0) is 13.8. The summed E-state index contributed by atoms with van der Waals surface area (Å²) in [5, 5.41) is 3.13. The Morgan fingerprint density at radius 3 is 2.58 bits per heavy atom. The fraction of sp³-hybridized carbons (Fsp3) is 0.312. The van der Waals surface area contributed by atoms with Crippen LogP contribution in [0.5, 0.6) is 11.5 Å². The monoisotopic (exact) mass is 256 g/mol. The molecule has 100 valence electrons. The molecule has 3 heteroatoms. The number of aromatic nitrogens is 1. The Hall–Kier alpha value is -1.87. The molecule has 1 aromatic carbocycles. The van der Waals surface area contributed by atoms with Gasteiger partial charge in [-0.05, 0) is 51.1 Å². The van der Waals surface area contributed by atoms with Gasteiger partial charge in [-0.2, -0.15) is 0 Å². The Kier molecular flexibility index (Phi) is 4.17. The van der Waals surface area contributed by atoms with Crippen molar-refractivity contribution in [3.63, 3.8) is 0 Å². The van der Waals surface area contributed by atoms with Gasteiger partial charge in [0.1, 0.15) is 11.5 Å². The minimum Gasteiger partial charge on any atom is -0.457 e. The summed E-state index contributed by atoms with van der Waals surface area (Å²) in [4.78, 5) is 4.31. The minimum atomic E-state index is 0.744. The highest BCUT2D eigenvalue weighted by atomic mass is 16.5. The quantitative estimate of drug-likeness (QED) is 0.908. The number of pyridine rings is 1. The maximum Gasteiger partial charge on any atom is 0.135 e. The largest absolute Gasteiger partial charge is 0.457 e. The van der Waals surface area contributed by atoms with E-state index in [2.05, 4.69) is 36.3 Å². The van der Waals surface area contributed by atoms with Gasteiger partial charge in [0.2, 0.25) is 0 Å². The van der Waals surface area contributed by atoms with Gasteiger partial charge < -0.3 is 10.1 Å². The molecule has 0 saturated heterocycles. The van der Waals surface area contributed by atoms with Crippen molar-refractivity contribution in [1.82, 2.24) is 10.3 Å². The zero-order valence-electron chi connectivity index (χ0n) is 11.9. The number of nitrogens with one attached hydrogen (secondary N) is 1. The highest BCUT2D eigenvalue weighted by Gasteiger charge is 2.06. The molecule has 1 aromatic heterocycles. The molecule has 3 nitrogen and oxygen atoms in total. The molecule has 2 aromatic rings. The van der Waals surface area contributed by atoms with E-state index in [-0.39, 0.29) is 0 Å². The molecule has 1 heterocycles. The molecule has 0 aliphatic heterocycles. The van der Waals surface area contributed by atoms with Crippen LogP contribution >= 0.6 is 0 Å². The van der Waals surface area contributed by atoms with Crippen LogP contribution in [0.3, 0.4) is 0 Å². The van der Waals surface area contributed by atoms with Gasteiger partial charge in [0, 0.05) is 30.1 Å². The summed E-state index contributed by atoms with van der Waals surface area (Å²) in [7, 11) is 1.92. The zero-order valence-corrected chi connectivity index (χ0v) is 11.9. The molecule has 0 radical (unpaired) electrons. The Morgan fingerprint density at radius 2 is 1.89 bits per heavy atom. The van der Waals surface area contributed by atoms with Crippen molar-refractivity contribution >= 4 is 0 Å². The molecule has 0 aliphatic rings. The molecular formula is C16H20N2O. The van der Waals surface area contributed by atoms with E-state index in [1.165, 1.54) is 11.1 Å². The van der Waals surface area contributed by atoms with Crippen LogP contribution < -0.4 is 10.1 Å². The lowest BCUT2D eigenvalue weighted by Crippen LogP contribution is -2.07. The Bertz CT molecular complexity index is 579. The molecule has 0 saturated carbocycles. The lowest BCUT2D eigenvalue weighted by molar-refractivity contribution is 0.472. The number of benzene rings is 1. The summed E-state index contributed by atoms with van der Waals surface area (Å²) < 4.78 is 6.00. The maximum atomic E-state index is 6.00. The third-order valence-electron chi connectivity index (χ3n) is 3.15. The normalized spacial score (nSPS) is 10.5. The SMILES string of the molecule is CNCc1cnc(C)cc1Oc1ccc(C)c(C)c1. The molecular weight excluding hydrogens is 236 g/mol. The van der Waals surface area contributed by atoms with E-state index in [1.807, 2.05) is 32.3 Å². The van der Waals surface area contributed by atoms with E-state index in [0.29, 0.717) is 0 Å². The molecule has 0 amide bonds. The molecule has 0 fully saturated rings. The second kappa shape index (κ2) is 5.85. The number of rotatable bonds is 4. The van der Waals surface area contributed by atoms with Gasteiger partial charge in [0.15, 0.2) is 0 Å². The van der Waals surface area contributed by atoms with Crippen LogP contribution in [0, 0.1) is 20.8 Å². The summed E-state index contributed by atoms with van der Waals surface area (Å²) in [5.41, 5.74) is 4.53. The van der Waals surface area contributed by atoms with Gasteiger partial charge in [0.25, 0.3) is 0 Å². The minimum absolute atomic E-state index is 0.744. The summed E-state index contributed by atoms with van der Waals surface area (Å²) in [6.07, 6.45) is 1.86. The molecule has 0 atom stereocenters. The highest BCUT2D eigenvalue weighted by Crippen LogP contribution is 2.27. The average molecular weight is 256 g/mol. The van der Waals surface area contributed by atoms with Crippen molar-refractivity contribution < 1.29 is 4.74 Å². The first kappa shape index (κ1) is 13.6. The van der Waals surface area contributed by atoms with E-state index in [0.717, 1.165) is 29.3 Å². The van der Waals surface area contributed by atoms with Gasteiger partial charge in [-0.1, -0.05) is 6.07 Å². The summed E-state index contributed by atoms with van der Waals surface area (Å²) >= 11 is 0. The van der Waals surface area contributed by atoms with Gasteiger partial charge in [-0.25, -0.2) is 0 Å². The van der Waals surface area contributed by atoms with E-state index in [1.54, 1.807) is 0 Å². The van der Waals surface area contributed by atoms with E-state index >= 15 is 0 Å². The van der Waals surface area contributed by atoms with Crippen LogP contribution in [0.15, 0.2) is 30.5 Å². The van der Waals surface area contributed by atoms with Crippen LogP contribution in [0.25, 0.3) is 0 Å². The molecule has 0 unspecified atom stereocenters. The number of ether oxygens (including phenoxy) is 1. The lowest BCUT2D eigenvalue weighted by atomic mass is 10.1. The summed E-state index contributed by atoms with van der Waals surface area (Å²) in [6, 6.07) is 8.12. The Morgan fingerprint density at radius 1 is 1.11 bits per heavy atom. The van der Waals surface area contributed by atoms with Crippen molar-refractivity contribution in [3.8, 4) is 11.5 Å². The predicted octanol–water partition coefficient (Wildman–Crippen LogP) is 3.52. The molecule has 2 rings (SSSR count). The third kappa shape index (κ3) is 3.32. The van der Waals surface area contributed by atoms with Gasteiger partial charge in [0.05, 0.1) is 0 Å². The first-order valence-electron chi connectivity index (χ1n) is 6.45. The smallest absolute Gasteiger partial charge is 0.135 e. The molecule has 0 aliphatic carbocycles. The van der Waals surface area contributed by atoms with Crippen molar-refractivity contribution in [3.05, 3.63) is 52.8 Å². The fourth-order valence-corrected chi connectivity index (χ4v) is 1.89. The second-order valence-corrected chi connectivity index (χ2v) is 4.81. The number of hydrogen-bond acceptors (Lipinski definition) is 3. The molecule has 0 bridgehead atoms. The maximum absolute atomic E-state index is 6.00. The van der Waals surface area contributed by atoms with Crippen LogP contribution in [-0.4, -0.2) is 12.0 Å². The standard InChI is InChI=1S/C16H20N2O/c1-11-5-6-15(7-12(11)2)19-16-8-13(3)18-10-14(16)9-17-4/h5-8,10,17H,9H2,1-4H3. The Balaban J connectivity index is 2.30. The number of hydrogen-bond donors (Lipinski definition) is 1. The number of nitrogens with zero attached hydrogens (tertiary/aromatic N) is 1. The molecule has 1 N–H and O–H groups in total. The fourth-order valence-electron chi connectivity index (χ4n) is 1.89. The van der Waals surface area contributed by atoms with Crippen molar-refractivity contribution in [2.45, 2.75) is 27.3 Å². The predicted molar refractivity (Wildman–Crippen MR) is 77.7 cm³/mol. The van der Waals surface area contributed by atoms with Gasteiger partial charge >= 0.3 is 0 Å². The van der Waals surface area contributed by atoms with Crippen molar-refractivity contribution in [1.29, 1.82) is 0 Å². The molecule has 0 spiro atoms. The van der Waals surface area contributed by atoms with Crippen LogP contribution in [0.2, 0.25) is 0 Å². The lowest BCUT2D eigenvalue weighted by Gasteiger charge is -2.12. The van der Waals surface area contributed by atoms with E-state index in [4.69, 9.17) is 4.74 Å². The van der Waals surface area contributed by atoms with Crippen molar-refractivity contribution in [2.24, 2.45) is 0 Å². The second-order valence-electron chi connectivity index (χ2n) is 4.81. The van der Waals surface area contributed by atoms with Gasteiger partial charge in [-0.3, -0.25) is 4.98 Å². The third-order valence-corrected chi connectivity index (χ3v) is 3.15. The highest BCUT2D eigenvalue weighted by molar-refractivity contribution is 5.40. The summed E-state index contributed by atoms with van der Waals surface area (Å²) in [5.74, 6) is 1.73. The first-order valence-corrected chi connectivity index (χ1v) is 6.45. The van der Waals surface area contributed by atoms with Crippen molar-refractivity contribution in [2.75, 3.05) is 7.05 Å².